The van der Waals surface area contributed by atoms with Gasteiger partial charge in [-0.15, -0.1) is 0 Å². The van der Waals surface area contributed by atoms with E-state index < -0.39 is 38.7 Å². The van der Waals surface area contributed by atoms with E-state index in [2.05, 4.69) is 4.85 Å². The maximum atomic E-state index is 13.2. The zero-order valence-corrected chi connectivity index (χ0v) is 18.1. The molecule has 170 valence electrons. The van der Waals surface area contributed by atoms with Gasteiger partial charge in [0.1, 0.15) is 0 Å². The van der Waals surface area contributed by atoms with Gasteiger partial charge in [-0.1, -0.05) is 12.1 Å². The van der Waals surface area contributed by atoms with Crippen molar-refractivity contribution >= 4 is 21.7 Å². The summed E-state index contributed by atoms with van der Waals surface area (Å²) in [4.78, 5) is 18.2. The maximum absolute atomic E-state index is 13.2. The molecule has 0 fully saturated rings. The van der Waals surface area contributed by atoms with Crippen LogP contribution in [0.4, 0.5) is 23.7 Å². The van der Waals surface area contributed by atoms with Gasteiger partial charge in [0, 0.05) is 18.4 Å². The van der Waals surface area contributed by atoms with Crippen LogP contribution >= 0.6 is 0 Å². The zero-order chi connectivity index (χ0) is 24.7. The topological polar surface area (TPSA) is 112 Å². The van der Waals surface area contributed by atoms with Gasteiger partial charge >= 0.3 is 12.2 Å². The molecule has 12 heteroatoms. The Morgan fingerprint density at radius 2 is 1.88 bits per heavy atom. The second-order valence-electron chi connectivity index (χ2n) is 7.17. The van der Waals surface area contributed by atoms with Crippen molar-refractivity contribution in [3.63, 3.8) is 0 Å². The van der Waals surface area contributed by atoms with Crippen LogP contribution < -0.4 is 10.0 Å². The van der Waals surface area contributed by atoms with E-state index in [1.807, 2.05) is 0 Å². The van der Waals surface area contributed by atoms with E-state index in [1.54, 1.807) is 6.07 Å². The number of sulfonamides is 1. The van der Waals surface area contributed by atoms with Crippen molar-refractivity contribution in [1.29, 1.82) is 5.26 Å². The summed E-state index contributed by atoms with van der Waals surface area (Å²) in [5, 5.41) is 14.4. The first-order valence-corrected chi connectivity index (χ1v) is 10.7. The number of halogens is 3. The monoisotopic (exact) mass is 475 g/mol. The first-order valence-electron chi connectivity index (χ1n) is 9.20. The lowest BCUT2D eigenvalue weighted by atomic mass is 9.97. The standard InChI is InChI=1S/C21H16F3N5O3S/c1-12-18(27-2)19(16-8-7-13(11-25)9-17(16)33(26,31)32)28(3)20(30)29(12)15-6-4-5-14(10-15)21(22,23)24/h4-10,19H,1,3H3,(H2,26,31,32)/t19-/m1/s1. The van der Waals surface area contributed by atoms with E-state index in [1.165, 1.54) is 32.2 Å². The highest BCUT2D eigenvalue weighted by Gasteiger charge is 2.41. The highest BCUT2D eigenvalue weighted by Crippen LogP contribution is 2.42. The zero-order valence-electron chi connectivity index (χ0n) is 17.3. The van der Waals surface area contributed by atoms with Gasteiger partial charge in [0.05, 0.1) is 34.7 Å². The van der Waals surface area contributed by atoms with E-state index in [9.17, 15) is 26.4 Å². The number of nitrogens with two attached hydrogens (primary N) is 1. The van der Waals surface area contributed by atoms with Gasteiger partial charge in [-0.3, -0.25) is 4.90 Å². The minimum absolute atomic E-state index is 0.00298. The lowest BCUT2D eigenvalue weighted by Crippen LogP contribution is -2.47. The Bertz CT molecular complexity index is 1370. The molecule has 0 saturated heterocycles. The first-order chi connectivity index (χ1) is 15.3. The molecule has 0 saturated carbocycles. The van der Waals surface area contributed by atoms with Crippen molar-refractivity contribution in [2.24, 2.45) is 5.14 Å². The van der Waals surface area contributed by atoms with Crippen LogP contribution in [0.15, 0.2) is 58.8 Å². The van der Waals surface area contributed by atoms with Crippen molar-refractivity contribution in [2.75, 3.05) is 11.9 Å². The minimum atomic E-state index is -4.64. The molecule has 2 aromatic carbocycles. The Hall–Kier alpha value is -3.87. The molecule has 0 aromatic heterocycles. The molecule has 3 rings (SSSR count). The van der Waals surface area contributed by atoms with Crippen LogP contribution in [0.25, 0.3) is 4.85 Å². The van der Waals surface area contributed by atoms with Gasteiger partial charge in [-0.25, -0.2) is 23.2 Å². The summed E-state index contributed by atoms with van der Waals surface area (Å²) < 4.78 is 64.0. The van der Waals surface area contributed by atoms with Crippen molar-refractivity contribution in [1.82, 2.24) is 4.90 Å². The molecule has 1 heterocycles. The number of urea groups is 1. The SMILES string of the molecule is [C-]#[N+]C1=C(C)N(c2cccc(C(F)(F)F)c2)C(=O)N(C)[C@@H]1c1ccc(C#N)cc1S(N)(=O)=O. The predicted molar refractivity (Wildman–Crippen MR) is 112 cm³/mol. The highest BCUT2D eigenvalue weighted by molar-refractivity contribution is 7.89. The molecule has 0 radical (unpaired) electrons. The van der Waals surface area contributed by atoms with Crippen molar-refractivity contribution in [3.8, 4) is 6.07 Å². The molecule has 0 unspecified atom stereocenters. The number of carbonyl (C=O) groups is 1. The van der Waals surface area contributed by atoms with Gasteiger partial charge in [-0.05, 0) is 42.8 Å². The third-order valence-corrected chi connectivity index (χ3v) is 6.11. The molecule has 1 aliphatic heterocycles. The number of alkyl halides is 3. The Labute approximate surface area is 187 Å². The number of nitrogens with zero attached hydrogens (tertiary/aromatic N) is 4. The first kappa shape index (κ1) is 23.8. The molecular formula is C21H16F3N5O3S. The van der Waals surface area contributed by atoms with E-state index >= 15 is 0 Å². The van der Waals surface area contributed by atoms with E-state index in [-0.39, 0.29) is 28.2 Å². The maximum Gasteiger partial charge on any atom is 0.416 e. The molecule has 0 aliphatic carbocycles. The number of hydrogen-bond donors (Lipinski definition) is 1. The number of allylic oxidation sites excluding steroid dienone is 1. The molecule has 0 bridgehead atoms. The second kappa shape index (κ2) is 8.24. The molecule has 2 aromatic rings. The molecule has 0 spiro atoms. The van der Waals surface area contributed by atoms with E-state index in [0.717, 1.165) is 34.1 Å². The fourth-order valence-electron chi connectivity index (χ4n) is 3.61. The predicted octanol–water partition coefficient (Wildman–Crippen LogP) is 3.99. The second-order valence-corrected chi connectivity index (χ2v) is 8.70. The molecule has 33 heavy (non-hydrogen) atoms. The van der Waals surface area contributed by atoms with Gasteiger partial charge in [0.2, 0.25) is 15.7 Å². The molecular weight excluding hydrogens is 459 g/mol. The van der Waals surface area contributed by atoms with Crippen LogP contribution in [-0.2, 0) is 16.2 Å². The number of rotatable bonds is 3. The molecule has 8 nitrogen and oxygen atoms in total. The number of benzene rings is 2. The minimum Gasteiger partial charge on any atom is -0.325 e. The lowest BCUT2D eigenvalue weighted by molar-refractivity contribution is -0.137. The Kier molecular flexibility index (Phi) is 5.94. The number of likely N-dealkylation sites (N-methyl/N-ethyl adjacent to an activating group) is 1. The molecule has 2 N–H and O–H groups in total. The normalized spacial score (nSPS) is 17.1. The summed E-state index contributed by atoms with van der Waals surface area (Å²) in [5.74, 6) is 0. The Morgan fingerprint density at radius 1 is 1.21 bits per heavy atom. The van der Waals surface area contributed by atoms with Crippen molar-refractivity contribution < 1.29 is 26.4 Å². The van der Waals surface area contributed by atoms with Crippen LogP contribution in [0, 0.1) is 17.9 Å². The highest BCUT2D eigenvalue weighted by atomic mass is 32.2. The lowest BCUT2D eigenvalue weighted by Gasteiger charge is -2.40. The van der Waals surface area contributed by atoms with Crippen LogP contribution in [-0.4, -0.2) is 26.4 Å². The van der Waals surface area contributed by atoms with Crippen molar-refractivity contribution in [2.45, 2.75) is 24.0 Å². The molecule has 1 atom stereocenters. The number of primary sulfonamides is 1. The van der Waals surface area contributed by atoms with Gasteiger partial charge in [-0.2, -0.15) is 18.4 Å². The van der Waals surface area contributed by atoms with Gasteiger partial charge in [0.15, 0.2) is 0 Å². The summed E-state index contributed by atoms with van der Waals surface area (Å²) in [5.41, 5.74) is -1.15. The van der Waals surface area contributed by atoms with Crippen LogP contribution in [0.3, 0.4) is 0 Å². The van der Waals surface area contributed by atoms with E-state index in [4.69, 9.17) is 17.0 Å². The smallest absolute Gasteiger partial charge is 0.325 e. The number of hydrogen-bond acceptors (Lipinski definition) is 4. The van der Waals surface area contributed by atoms with Gasteiger partial charge < -0.3 is 4.90 Å². The third-order valence-electron chi connectivity index (χ3n) is 5.14. The Morgan fingerprint density at radius 3 is 2.42 bits per heavy atom. The van der Waals surface area contributed by atoms with Gasteiger partial charge in [0.25, 0.3) is 0 Å². The number of nitriles is 1. The Balaban J connectivity index is 2.25. The fourth-order valence-corrected chi connectivity index (χ4v) is 4.41. The summed E-state index contributed by atoms with van der Waals surface area (Å²) in [7, 11) is -3.06. The van der Waals surface area contributed by atoms with E-state index in [0.29, 0.717) is 0 Å². The van der Waals surface area contributed by atoms with Crippen molar-refractivity contribution in [3.05, 3.63) is 82.0 Å². The van der Waals surface area contributed by atoms with Crippen LogP contribution in [0.2, 0.25) is 0 Å². The average Bonchev–Trinajstić information content (AvgIpc) is 2.75. The molecule has 2 amide bonds. The van der Waals surface area contributed by atoms with Crippen LogP contribution in [0.1, 0.15) is 29.7 Å². The fraction of sp³-hybridized carbons (Fsp3) is 0.190. The van der Waals surface area contributed by atoms with Crippen LogP contribution in [0.5, 0.6) is 0 Å². The number of anilines is 1. The number of carbonyl (C=O) groups excluding carboxylic acids is 1. The molecule has 1 aliphatic rings. The number of amides is 2. The summed E-state index contributed by atoms with van der Waals surface area (Å²) in [6, 6.07) is 7.54. The summed E-state index contributed by atoms with van der Waals surface area (Å²) in [6.07, 6.45) is -4.64. The summed E-state index contributed by atoms with van der Waals surface area (Å²) in [6.45, 7) is 9.03. The third kappa shape index (κ3) is 4.26. The average molecular weight is 475 g/mol. The largest absolute Gasteiger partial charge is 0.416 e. The summed E-state index contributed by atoms with van der Waals surface area (Å²) >= 11 is 0. The quantitative estimate of drug-likeness (QED) is 0.677.